The third kappa shape index (κ3) is 4.64. The Balaban J connectivity index is 1.38. The maximum absolute atomic E-state index is 13.5. The Morgan fingerprint density at radius 2 is 1.94 bits per heavy atom. The number of nitrogens with one attached hydrogen (secondary N) is 1. The molecule has 4 rings (SSSR count). The Bertz CT molecular complexity index is 1090. The van der Waals surface area contributed by atoms with E-state index in [9.17, 15) is 18.4 Å². The second-order valence-electron chi connectivity index (χ2n) is 8.45. The van der Waals surface area contributed by atoms with E-state index in [2.05, 4.69) is 10.4 Å². The topological polar surface area (TPSA) is 65.0 Å². The molecule has 8 heteroatoms. The largest absolute Gasteiger partial charge is 0.371 e. The molecule has 2 aromatic rings. The molecule has 1 atom stereocenters. The van der Waals surface area contributed by atoms with Gasteiger partial charge in [0.15, 0.2) is 11.6 Å². The summed E-state index contributed by atoms with van der Waals surface area (Å²) in [6.07, 6.45) is 1.36. The molecule has 1 N–H and O–H groups in total. The summed E-state index contributed by atoms with van der Waals surface area (Å²) in [7, 11) is 0. The van der Waals surface area contributed by atoms with Crippen LogP contribution in [0.3, 0.4) is 0 Å². The lowest BCUT2D eigenvalue weighted by atomic mass is 10.1. The van der Waals surface area contributed by atoms with Gasteiger partial charge in [-0.2, -0.15) is 5.10 Å². The van der Waals surface area contributed by atoms with Crippen LogP contribution in [0.4, 0.5) is 20.2 Å². The van der Waals surface area contributed by atoms with E-state index in [0.717, 1.165) is 23.6 Å². The summed E-state index contributed by atoms with van der Waals surface area (Å²) in [5, 5.41) is 8.63. The minimum Gasteiger partial charge on any atom is -0.371 e. The Labute approximate surface area is 185 Å². The van der Waals surface area contributed by atoms with Gasteiger partial charge in [0.05, 0.1) is 5.69 Å². The highest BCUT2D eigenvalue weighted by molar-refractivity contribution is 6.40. The lowest BCUT2D eigenvalue weighted by Gasteiger charge is -2.25. The fourth-order valence-electron chi connectivity index (χ4n) is 4.11. The normalized spacial score (nSPS) is 18.7. The van der Waals surface area contributed by atoms with Crippen molar-refractivity contribution in [1.29, 1.82) is 0 Å². The number of hydrogen-bond donors (Lipinski definition) is 1. The summed E-state index contributed by atoms with van der Waals surface area (Å²) in [4.78, 5) is 27.2. The van der Waals surface area contributed by atoms with Gasteiger partial charge in [0.1, 0.15) is 5.71 Å². The Kier molecular flexibility index (Phi) is 6.21. The Hall–Kier alpha value is -3.29. The van der Waals surface area contributed by atoms with Crippen molar-refractivity contribution in [2.45, 2.75) is 33.1 Å². The molecule has 0 aliphatic carbocycles. The van der Waals surface area contributed by atoms with Gasteiger partial charge in [-0.1, -0.05) is 12.1 Å². The number of carbonyl (C=O) groups is 2. The third-order valence-corrected chi connectivity index (χ3v) is 5.99. The molecule has 2 amide bonds. The van der Waals surface area contributed by atoms with Gasteiger partial charge in [-0.15, -0.1) is 0 Å². The van der Waals surface area contributed by atoms with Crippen molar-refractivity contribution in [3.63, 3.8) is 0 Å². The maximum atomic E-state index is 13.5. The van der Waals surface area contributed by atoms with Crippen molar-refractivity contribution in [1.82, 2.24) is 5.32 Å². The monoisotopic (exact) mass is 440 g/mol. The van der Waals surface area contributed by atoms with Crippen LogP contribution in [0.5, 0.6) is 0 Å². The predicted molar refractivity (Wildman–Crippen MR) is 120 cm³/mol. The molecular formula is C24H26F2N4O2. The van der Waals surface area contributed by atoms with Crippen LogP contribution in [0.2, 0.25) is 0 Å². The lowest BCUT2D eigenvalue weighted by Crippen LogP contribution is -2.41. The second-order valence-corrected chi connectivity index (χ2v) is 8.45. The van der Waals surface area contributed by atoms with Crippen LogP contribution >= 0.6 is 0 Å². The van der Waals surface area contributed by atoms with Crippen molar-refractivity contribution in [3.05, 3.63) is 59.2 Å². The van der Waals surface area contributed by atoms with Crippen molar-refractivity contribution in [2.75, 3.05) is 29.5 Å². The van der Waals surface area contributed by atoms with Gasteiger partial charge in [-0.25, -0.2) is 13.8 Å². The molecule has 0 radical (unpaired) electrons. The molecule has 1 fully saturated rings. The summed E-state index contributed by atoms with van der Waals surface area (Å²) < 4.78 is 26.7. The van der Waals surface area contributed by atoms with E-state index in [0.29, 0.717) is 43.1 Å². The number of amides is 2. The van der Waals surface area contributed by atoms with E-state index in [4.69, 9.17) is 0 Å². The highest BCUT2D eigenvalue weighted by Gasteiger charge is 2.28. The van der Waals surface area contributed by atoms with Gasteiger partial charge >= 0.3 is 0 Å². The first-order valence-corrected chi connectivity index (χ1v) is 10.8. The number of benzene rings is 2. The zero-order valence-corrected chi connectivity index (χ0v) is 18.2. The summed E-state index contributed by atoms with van der Waals surface area (Å²) in [5.41, 5.74) is 3.59. The first-order chi connectivity index (χ1) is 15.3. The number of hydrazone groups is 1. The molecule has 1 saturated heterocycles. The molecule has 2 aliphatic rings. The first-order valence-electron chi connectivity index (χ1n) is 10.8. The Morgan fingerprint density at radius 1 is 1.12 bits per heavy atom. The summed E-state index contributed by atoms with van der Waals surface area (Å²) in [6.45, 7) is 5.66. The van der Waals surface area contributed by atoms with Gasteiger partial charge in [-0.05, 0) is 55.5 Å². The molecule has 6 nitrogen and oxygen atoms in total. The number of nitrogens with zero attached hydrogens (tertiary/aromatic N) is 3. The Morgan fingerprint density at radius 3 is 2.72 bits per heavy atom. The van der Waals surface area contributed by atoms with Crippen molar-refractivity contribution in [3.8, 4) is 0 Å². The smallest absolute Gasteiger partial charge is 0.267 e. The van der Waals surface area contributed by atoms with E-state index in [-0.39, 0.29) is 24.2 Å². The number of anilines is 2. The maximum Gasteiger partial charge on any atom is 0.267 e. The number of carbonyl (C=O) groups excluding carboxylic acids is 2. The van der Waals surface area contributed by atoms with Crippen LogP contribution in [-0.4, -0.2) is 37.2 Å². The number of rotatable bonds is 5. The van der Waals surface area contributed by atoms with Crippen LogP contribution in [0.1, 0.15) is 30.4 Å². The van der Waals surface area contributed by atoms with E-state index in [1.807, 2.05) is 36.9 Å². The van der Waals surface area contributed by atoms with Gasteiger partial charge < -0.3 is 10.2 Å². The van der Waals surface area contributed by atoms with Gasteiger partial charge in [-0.3, -0.25) is 9.59 Å². The third-order valence-electron chi connectivity index (χ3n) is 5.99. The van der Waals surface area contributed by atoms with Gasteiger partial charge in [0, 0.05) is 44.2 Å². The van der Waals surface area contributed by atoms with E-state index < -0.39 is 11.6 Å². The standard InChI is InChI=1S/C24H26F2N4O2/c1-15-3-4-16(2)22(11-15)30-23(31)8-7-21(28-30)24(32)27-13-17-9-10-29(14-17)18-5-6-19(25)20(26)12-18/h3-6,11-12,17H,7-10,13-14H2,1-2H3,(H,27,32). The molecule has 2 aliphatic heterocycles. The SMILES string of the molecule is Cc1ccc(C)c(N2N=C(C(=O)NCC3CCN(c4ccc(F)c(F)c4)C3)CCC2=O)c1. The average molecular weight is 440 g/mol. The molecule has 1 unspecified atom stereocenters. The predicted octanol–water partition coefficient (Wildman–Crippen LogP) is 3.71. The highest BCUT2D eigenvalue weighted by atomic mass is 19.2. The molecule has 32 heavy (non-hydrogen) atoms. The molecule has 0 aromatic heterocycles. The zero-order chi connectivity index (χ0) is 22.8. The summed E-state index contributed by atoms with van der Waals surface area (Å²) in [5.74, 6) is -1.95. The van der Waals surface area contributed by atoms with Crippen LogP contribution in [-0.2, 0) is 9.59 Å². The van der Waals surface area contributed by atoms with E-state index in [1.165, 1.54) is 11.1 Å². The second kappa shape index (κ2) is 9.06. The molecule has 2 heterocycles. The number of halogens is 2. The minimum absolute atomic E-state index is 0.131. The molecule has 2 aromatic carbocycles. The van der Waals surface area contributed by atoms with E-state index >= 15 is 0 Å². The fraction of sp³-hybridized carbons (Fsp3) is 0.375. The zero-order valence-electron chi connectivity index (χ0n) is 18.2. The van der Waals surface area contributed by atoms with Crippen LogP contribution in [0.25, 0.3) is 0 Å². The molecule has 168 valence electrons. The first kappa shape index (κ1) is 21.9. The molecule has 0 bridgehead atoms. The molecular weight excluding hydrogens is 414 g/mol. The summed E-state index contributed by atoms with van der Waals surface area (Å²) in [6, 6.07) is 9.68. The molecule has 0 saturated carbocycles. The minimum atomic E-state index is -0.863. The van der Waals surface area contributed by atoms with Gasteiger partial charge in [0.2, 0.25) is 5.91 Å². The quantitative estimate of drug-likeness (QED) is 0.771. The number of aryl methyl sites for hydroxylation is 2. The van der Waals surface area contributed by atoms with Crippen LogP contribution in [0, 0.1) is 31.4 Å². The highest BCUT2D eigenvalue weighted by Crippen LogP contribution is 2.26. The van der Waals surface area contributed by atoms with Crippen LogP contribution < -0.4 is 15.2 Å². The van der Waals surface area contributed by atoms with E-state index in [1.54, 1.807) is 6.07 Å². The summed E-state index contributed by atoms with van der Waals surface area (Å²) >= 11 is 0. The average Bonchev–Trinajstić information content (AvgIpc) is 3.25. The lowest BCUT2D eigenvalue weighted by molar-refractivity contribution is -0.119. The van der Waals surface area contributed by atoms with Crippen LogP contribution in [0.15, 0.2) is 41.5 Å². The fourth-order valence-corrected chi connectivity index (χ4v) is 4.11. The van der Waals surface area contributed by atoms with Crippen molar-refractivity contribution >= 4 is 28.9 Å². The van der Waals surface area contributed by atoms with Crippen molar-refractivity contribution < 1.29 is 18.4 Å². The number of hydrogen-bond acceptors (Lipinski definition) is 4. The molecule has 0 spiro atoms. The van der Waals surface area contributed by atoms with Gasteiger partial charge in [0.25, 0.3) is 5.91 Å². The van der Waals surface area contributed by atoms with Crippen molar-refractivity contribution in [2.24, 2.45) is 11.0 Å².